The number of hydrogen-bond donors (Lipinski definition) is 0. The van der Waals surface area contributed by atoms with Crippen LogP contribution in [0.1, 0.15) is 40.0 Å². The second kappa shape index (κ2) is 4.71. The van der Waals surface area contributed by atoms with Crippen LogP contribution >= 0.6 is 0 Å². The maximum absolute atomic E-state index is 5.86. The first-order chi connectivity index (χ1) is 9.63. The van der Waals surface area contributed by atoms with Crippen LogP contribution in [0.2, 0.25) is 0 Å². The highest BCUT2D eigenvalue weighted by Crippen LogP contribution is 2.66. The van der Waals surface area contributed by atoms with Gasteiger partial charge in [0.2, 0.25) is 0 Å². The topological polar surface area (TPSA) is 18.5 Å². The molecule has 0 aromatic carbocycles. The number of hydrogen-bond acceptors (Lipinski definition) is 2. The van der Waals surface area contributed by atoms with Gasteiger partial charge < -0.3 is 9.47 Å². The molecule has 2 heteroatoms. The van der Waals surface area contributed by atoms with Gasteiger partial charge in [0.15, 0.2) is 0 Å². The van der Waals surface area contributed by atoms with E-state index in [-0.39, 0.29) is 0 Å². The average molecular weight is 278 g/mol. The van der Waals surface area contributed by atoms with Crippen molar-refractivity contribution in [2.24, 2.45) is 46.8 Å². The van der Waals surface area contributed by atoms with E-state index in [2.05, 4.69) is 20.8 Å². The van der Waals surface area contributed by atoms with E-state index in [1.807, 2.05) is 0 Å². The molecule has 2 saturated carbocycles. The fraction of sp³-hybridized carbons (Fsp3) is 1.00. The van der Waals surface area contributed by atoms with Gasteiger partial charge in [-0.25, -0.2) is 0 Å². The van der Waals surface area contributed by atoms with E-state index in [0.29, 0.717) is 5.41 Å². The third-order valence-corrected chi connectivity index (χ3v) is 7.16. The van der Waals surface area contributed by atoms with Gasteiger partial charge >= 0.3 is 0 Å². The molecular formula is C18H30O2. The van der Waals surface area contributed by atoms with Gasteiger partial charge in [0.1, 0.15) is 0 Å². The van der Waals surface area contributed by atoms with E-state index in [1.54, 1.807) is 0 Å². The zero-order chi connectivity index (χ0) is 13.9. The number of ether oxygens (including phenoxy) is 2. The maximum Gasteiger partial charge on any atom is 0.0500 e. The first-order valence-electron chi connectivity index (χ1n) is 8.79. The minimum atomic E-state index is 0.668. The molecule has 2 aliphatic heterocycles. The molecule has 2 nitrogen and oxygen atoms in total. The maximum atomic E-state index is 5.86. The van der Waals surface area contributed by atoms with Crippen molar-refractivity contribution in [1.82, 2.24) is 0 Å². The minimum Gasteiger partial charge on any atom is -0.381 e. The molecule has 6 atom stereocenters. The Morgan fingerprint density at radius 2 is 1.80 bits per heavy atom. The molecule has 114 valence electrons. The molecule has 20 heavy (non-hydrogen) atoms. The summed E-state index contributed by atoms with van der Waals surface area (Å²) < 4.78 is 11.4. The van der Waals surface area contributed by atoms with Gasteiger partial charge in [-0.15, -0.1) is 0 Å². The van der Waals surface area contributed by atoms with Crippen LogP contribution in [0.25, 0.3) is 0 Å². The summed E-state index contributed by atoms with van der Waals surface area (Å²) in [5, 5.41) is 0. The van der Waals surface area contributed by atoms with E-state index >= 15 is 0 Å². The van der Waals surface area contributed by atoms with Crippen molar-refractivity contribution in [2.75, 3.05) is 26.4 Å². The number of rotatable bonds is 4. The zero-order valence-electron chi connectivity index (χ0n) is 13.3. The Morgan fingerprint density at radius 1 is 1.05 bits per heavy atom. The minimum absolute atomic E-state index is 0.668. The van der Waals surface area contributed by atoms with Crippen molar-refractivity contribution in [3.8, 4) is 0 Å². The lowest BCUT2D eigenvalue weighted by Crippen LogP contribution is -2.33. The van der Waals surface area contributed by atoms with Crippen molar-refractivity contribution in [2.45, 2.75) is 40.0 Å². The second-order valence-corrected chi connectivity index (χ2v) is 8.47. The predicted octanol–water partition coefficient (Wildman–Crippen LogP) is 3.60. The second-order valence-electron chi connectivity index (χ2n) is 8.47. The van der Waals surface area contributed by atoms with Crippen molar-refractivity contribution < 1.29 is 9.47 Å². The zero-order valence-corrected chi connectivity index (χ0v) is 13.3. The van der Waals surface area contributed by atoms with Crippen LogP contribution in [0.15, 0.2) is 0 Å². The van der Waals surface area contributed by atoms with E-state index < -0.39 is 0 Å². The molecule has 1 spiro atoms. The van der Waals surface area contributed by atoms with Crippen LogP contribution in [-0.4, -0.2) is 26.4 Å². The lowest BCUT2D eigenvalue weighted by Gasteiger charge is -2.36. The first kappa shape index (κ1) is 13.6. The van der Waals surface area contributed by atoms with Gasteiger partial charge in [0.05, 0.1) is 13.2 Å². The van der Waals surface area contributed by atoms with Gasteiger partial charge in [-0.1, -0.05) is 20.8 Å². The summed E-state index contributed by atoms with van der Waals surface area (Å²) in [7, 11) is 0. The summed E-state index contributed by atoms with van der Waals surface area (Å²) in [6, 6.07) is 0. The summed E-state index contributed by atoms with van der Waals surface area (Å²) in [5.41, 5.74) is 0.668. The van der Waals surface area contributed by atoms with Crippen LogP contribution in [0.5, 0.6) is 0 Å². The van der Waals surface area contributed by atoms with Crippen LogP contribution in [0, 0.1) is 46.8 Å². The van der Waals surface area contributed by atoms with Gasteiger partial charge in [-0.05, 0) is 66.1 Å². The molecule has 2 heterocycles. The van der Waals surface area contributed by atoms with E-state index in [4.69, 9.17) is 9.47 Å². The van der Waals surface area contributed by atoms with Crippen LogP contribution in [0.3, 0.4) is 0 Å². The van der Waals surface area contributed by atoms with Gasteiger partial charge in [0.25, 0.3) is 0 Å². The highest BCUT2D eigenvalue weighted by Gasteiger charge is 2.62. The Morgan fingerprint density at radius 3 is 2.45 bits per heavy atom. The first-order valence-corrected chi connectivity index (χ1v) is 8.79. The summed E-state index contributed by atoms with van der Waals surface area (Å²) in [4.78, 5) is 0. The standard InChI is InChI=1S/C18H30O2/c1-11(2)16-7-18(16)4-5-19-8-13(18)6-12(3)17-14-9-20-10-15(14)17/h11-17H,4-10H2,1-3H3. The molecule has 4 aliphatic rings. The third-order valence-electron chi connectivity index (χ3n) is 7.16. The normalized spacial score (nSPS) is 51.3. The average Bonchev–Trinajstić information content (AvgIpc) is 3.27. The van der Waals surface area contributed by atoms with Gasteiger partial charge in [-0.2, -0.15) is 0 Å². The predicted molar refractivity (Wildman–Crippen MR) is 79.4 cm³/mol. The Labute approximate surface area is 123 Å². The lowest BCUT2D eigenvalue weighted by molar-refractivity contribution is -0.0154. The van der Waals surface area contributed by atoms with Crippen molar-refractivity contribution in [3.05, 3.63) is 0 Å². The number of fused-ring (bicyclic) bond motifs is 1. The highest BCUT2D eigenvalue weighted by atomic mass is 16.5. The fourth-order valence-electron chi connectivity index (χ4n) is 5.90. The highest BCUT2D eigenvalue weighted by molar-refractivity contribution is 5.10. The monoisotopic (exact) mass is 278 g/mol. The molecule has 0 amide bonds. The fourth-order valence-corrected chi connectivity index (χ4v) is 5.90. The molecule has 2 saturated heterocycles. The lowest BCUT2D eigenvalue weighted by atomic mass is 9.75. The quantitative estimate of drug-likeness (QED) is 0.782. The summed E-state index contributed by atoms with van der Waals surface area (Å²) in [5.74, 6) is 6.34. The SMILES string of the molecule is CC(C)C1CC12CCOCC2CC(C)C1C2COCC21. The molecular weight excluding hydrogens is 248 g/mol. The van der Waals surface area contributed by atoms with Gasteiger partial charge in [0, 0.05) is 13.2 Å². The third kappa shape index (κ3) is 1.98. The summed E-state index contributed by atoms with van der Waals surface area (Å²) in [6.45, 7) is 11.5. The molecule has 4 rings (SSSR count). The summed E-state index contributed by atoms with van der Waals surface area (Å²) >= 11 is 0. The van der Waals surface area contributed by atoms with E-state index in [0.717, 1.165) is 67.9 Å². The molecule has 0 aromatic rings. The van der Waals surface area contributed by atoms with Gasteiger partial charge in [-0.3, -0.25) is 0 Å². The van der Waals surface area contributed by atoms with Crippen molar-refractivity contribution in [1.29, 1.82) is 0 Å². The van der Waals surface area contributed by atoms with E-state index in [9.17, 15) is 0 Å². The molecule has 0 N–H and O–H groups in total. The van der Waals surface area contributed by atoms with Crippen LogP contribution in [0.4, 0.5) is 0 Å². The molecule has 0 aromatic heterocycles. The largest absolute Gasteiger partial charge is 0.381 e. The Kier molecular flexibility index (Phi) is 3.20. The van der Waals surface area contributed by atoms with Crippen molar-refractivity contribution >= 4 is 0 Å². The molecule has 2 aliphatic carbocycles. The Bertz CT molecular complexity index is 370. The van der Waals surface area contributed by atoms with Crippen molar-refractivity contribution in [3.63, 3.8) is 0 Å². The van der Waals surface area contributed by atoms with Crippen LogP contribution < -0.4 is 0 Å². The molecule has 0 radical (unpaired) electrons. The molecule has 0 bridgehead atoms. The summed E-state index contributed by atoms with van der Waals surface area (Å²) in [6.07, 6.45) is 4.21. The Hall–Kier alpha value is -0.0800. The molecule has 4 fully saturated rings. The Balaban J connectivity index is 1.40. The van der Waals surface area contributed by atoms with Crippen LogP contribution in [-0.2, 0) is 9.47 Å². The molecule has 6 unspecified atom stereocenters. The smallest absolute Gasteiger partial charge is 0.0500 e. The van der Waals surface area contributed by atoms with E-state index in [1.165, 1.54) is 19.3 Å².